The summed E-state index contributed by atoms with van der Waals surface area (Å²) < 4.78 is 0. The molecule has 0 aliphatic heterocycles. The minimum Gasteiger partial charge on any atom is -0.258 e. The zero-order chi connectivity index (χ0) is 11.1. The smallest absolute Gasteiger partial charge is 0.258 e. The second kappa shape index (κ2) is 3.58. The molecule has 0 saturated heterocycles. The number of fused-ring (bicyclic) bond motifs is 2. The van der Waals surface area contributed by atoms with Crippen LogP contribution in [0.25, 0.3) is 0 Å². The van der Waals surface area contributed by atoms with Crippen LogP contribution in [0.2, 0.25) is 0 Å². The van der Waals surface area contributed by atoms with Crippen LogP contribution < -0.4 is 0 Å². The van der Waals surface area contributed by atoms with Gasteiger partial charge in [0.05, 0.1) is 4.92 Å². The molecule has 0 radical (unpaired) electrons. The third-order valence-corrected chi connectivity index (χ3v) is 4.27. The number of non-ortho nitro benzene ring substituents is 1. The van der Waals surface area contributed by atoms with Gasteiger partial charge in [-0.3, -0.25) is 10.1 Å². The highest BCUT2D eigenvalue weighted by atomic mass is 16.6. The summed E-state index contributed by atoms with van der Waals surface area (Å²) in [7, 11) is 0. The number of nitrogens with zero attached hydrogens (tertiary/aromatic N) is 1. The highest BCUT2D eigenvalue weighted by Crippen LogP contribution is 2.52. The van der Waals surface area contributed by atoms with Crippen molar-refractivity contribution in [2.24, 2.45) is 11.8 Å². The minimum atomic E-state index is -0.329. The van der Waals surface area contributed by atoms with E-state index in [-0.39, 0.29) is 10.6 Å². The van der Waals surface area contributed by atoms with Crippen molar-refractivity contribution in [3.63, 3.8) is 0 Å². The van der Waals surface area contributed by atoms with Crippen LogP contribution in [0.3, 0.4) is 0 Å². The Morgan fingerprint density at radius 3 is 2.38 bits per heavy atom. The van der Waals surface area contributed by atoms with Crippen LogP contribution >= 0.6 is 0 Å². The van der Waals surface area contributed by atoms with Crippen LogP contribution in [0.1, 0.15) is 37.2 Å². The predicted molar refractivity (Wildman–Crippen MR) is 61.3 cm³/mol. The Morgan fingerprint density at radius 1 is 1.12 bits per heavy atom. The number of hydrogen-bond acceptors (Lipinski definition) is 2. The molecule has 3 heteroatoms. The van der Waals surface area contributed by atoms with Gasteiger partial charge in [0.2, 0.25) is 0 Å². The molecule has 1 aromatic rings. The molecular formula is C13H15NO2. The molecule has 0 amide bonds. The standard InChI is InChI=1S/C13H15NO2/c15-14(16)12-5-3-10(4-6-12)13-8-9-1-2-11(13)7-9/h3-6,9,11,13H,1-2,7-8H2/t9-,11+,13-/m1/s1. The summed E-state index contributed by atoms with van der Waals surface area (Å²) in [6, 6.07) is 7.18. The first-order valence-corrected chi connectivity index (χ1v) is 5.98. The first-order valence-electron chi connectivity index (χ1n) is 5.98. The maximum absolute atomic E-state index is 10.6. The van der Waals surface area contributed by atoms with Crippen molar-refractivity contribution >= 4 is 5.69 Å². The van der Waals surface area contributed by atoms with Crippen LogP contribution in [-0.4, -0.2) is 4.92 Å². The number of nitro groups is 1. The largest absolute Gasteiger partial charge is 0.269 e. The van der Waals surface area contributed by atoms with Crippen molar-refractivity contribution in [3.8, 4) is 0 Å². The molecule has 0 unspecified atom stereocenters. The van der Waals surface area contributed by atoms with Crippen molar-refractivity contribution in [1.82, 2.24) is 0 Å². The summed E-state index contributed by atoms with van der Waals surface area (Å²) in [6.45, 7) is 0. The molecule has 2 aliphatic rings. The van der Waals surface area contributed by atoms with E-state index in [1.807, 2.05) is 12.1 Å². The van der Waals surface area contributed by atoms with Crippen molar-refractivity contribution < 1.29 is 4.92 Å². The molecule has 3 nitrogen and oxygen atoms in total. The van der Waals surface area contributed by atoms with Gasteiger partial charge < -0.3 is 0 Å². The summed E-state index contributed by atoms with van der Waals surface area (Å²) >= 11 is 0. The monoisotopic (exact) mass is 217 g/mol. The van der Waals surface area contributed by atoms with Gasteiger partial charge in [0, 0.05) is 12.1 Å². The summed E-state index contributed by atoms with van der Waals surface area (Å²) in [6.07, 6.45) is 5.42. The highest BCUT2D eigenvalue weighted by molar-refractivity contribution is 5.35. The van der Waals surface area contributed by atoms with E-state index in [9.17, 15) is 10.1 Å². The zero-order valence-electron chi connectivity index (χ0n) is 9.13. The van der Waals surface area contributed by atoms with Crippen molar-refractivity contribution in [2.75, 3.05) is 0 Å². The SMILES string of the molecule is O=[N+]([O-])c1ccc([C@H]2C[C@@H]3CC[C@H]2C3)cc1. The summed E-state index contributed by atoms with van der Waals surface area (Å²) in [5, 5.41) is 10.6. The number of rotatable bonds is 2. The van der Waals surface area contributed by atoms with E-state index in [1.54, 1.807) is 12.1 Å². The molecule has 0 spiro atoms. The quantitative estimate of drug-likeness (QED) is 0.562. The molecule has 16 heavy (non-hydrogen) atoms. The maximum atomic E-state index is 10.6. The Hall–Kier alpha value is -1.38. The molecule has 2 aliphatic carbocycles. The third kappa shape index (κ3) is 1.51. The van der Waals surface area contributed by atoms with Gasteiger partial charge in [-0.25, -0.2) is 0 Å². The Balaban J connectivity index is 1.82. The molecule has 0 N–H and O–H groups in total. The lowest BCUT2D eigenvalue weighted by Gasteiger charge is -2.21. The molecule has 2 saturated carbocycles. The fourth-order valence-corrected chi connectivity index (χ4v) is 3.50. The number of benzene rings is 1. The Bertz CT molecular complexity index is 412. The average Bonchev–Trinajstić information content (AvgIpc) is 2.91. The van der Waals surface area contributed by atoms with Crippen molar-refractivity contribution in [3.05, 3.63) is 39.9 Å². The van der Waals surface area contributed by atoms with Gasteiger partial charge in [0.1, 0.15) is 0 Å². The topological polar surface area (TPSA) is 43.1 Å². The van der Waals surface area contributed by atoms with Crippen LogP contribution in [0.4, 0.5) is 5.69 Å². The van der Waals surface area contributed by atoms with Crippen LogP contribution in [-0.2, 0) is 0 Å². The molecule has 3 rings (SSSR count). The summed E-state index contributed by atoms with van der Waals surface area (Å²) in [4.78, 5) is 10.2. The van der Waals surface area contributed by atoms with Gasteiger partial charge in [-0.15, -0.1) is 0 Å². The molecule has 84 valence electrons. The summed E-state index contributed by atoms with van der Waals surface area (Å²) in [5.74, 6) is 2.43. The predicted octanol–water partition coefficient (Wildman–Crippen LogP) is 3.50. The minimum absolute atomic E-state index is 0.201. The fraction of sp³-hybridized carbons (Fsp3) is 0.538. The normalized spacial score (nSPS) is 31.9. The average molecular weight is 217 g/mol. The zero-order valence-corrected chi connectivity index (χ0v) is 9.13. The first kappa shape index (κ1) is 9.82. The van der Waals surface area contributed by atoms with Crippen molar-refractivity contribution in [2.45, 2.75) is 31.6 Å². The van der Waals surface area contributed by atoms with Gasteiger partial charge in [-0.2, -0.15) is 0 Å². The Morgan fingerprint density at radius 2 is 1.88 bits per heavy atom. The molecule has 0 heterocycles. The van der Waals surface area contributed by atoms with E-state index >= 15 is 0 Å². The van der Waals surface area contributed by atoms with Gasteiger partial charge in [0.15, 0.2) is 0 Å². The highest BCUT2D eigenvalue weighted by Gasteiger charge is 2.39. The lowest BCUT2D eigenvalue weighted by molar-refractivity contribution is -0.384. The second-order valence-electron chi connectivity index (χ2n) is 5.13. The van der Waals surface area contributed by atoms with E-state index < -0.39 is 0 Å². The molecule has 0 aromatic heterocycles. The van der Waals surface area contributed by atoms with E-state index in [0.29, 0.717) is 5.92 Å². The van der Waals surface area contributed by atoms with Crippen LogP contribution in [0.5, 0.6) is 0 Å². The maximum Gasteiger partial charge on any atom is 0.269 e. The lowest BCUT2D eigenvalue weighted by atomic mass is 9.83. The number of nitro benzene ring substituents is 1. The fourth-order valence-electron chi connectivity index (χ4n) is 3.50. The Kier molecular flexibility index (Phi) is 2.20. The van der Waals surface area contributed by atoms with Gasteiger partial charge in [-0.05, 0) is 42.6 Å². The molecule has 2 fully saturated rings. The van der Waals surface area contributed by atoms with Gasteiger partial charge in [0.25, 0.3) is 5.69 Å². The Labute approximate surface area is 94.6 Å². The van der Waals surface area contributed by atoms with E-state index in [0.717, 1.165) is 11.8 Å². The van der Waals surface area contributed by atoms with E-state index in [4.69, 9.17) is 0 Å². The lowest BCUT2D eigenvalue weighted by Crippen LogP contribution is -2.08. The summed E-state index contributed by atoms with van der Waals surface area (Å²) in [5.41, 5.74) is 1.50. The third-order valence-electron chi connectivity index (χ3n) is 4.27. The molecule has 2 bridgehead atoms. The second-order valence-corrected chi connectivity index (χ2v) is 5.13. The molecular weight excluding hydrogens is 202 g/mol. The van der Waals surface area contributed by atoms with Crippen molar-refractivity contribution in [1.29, 1.82) is 0 Å². The number of hydrogen-bond donors (Lipinski definition) is 0. The molecule has 3 atom stereocenters. The molecule has 1 aromatic carbocycles. The van der Waals surface area contributed by atoms with Gasteiger partial charge in [-0.1, -0.05) is 18.6 Å². The van der Waals surface area contributed by atoms with E-state index in [1.165, 1.54) is 31.2 Å². The van der Waals surface area contributed by atoms with Crippen LogP contribution in [0, 0.1) is 22.0 Å². The first-order chi connectivity index (χ1) is 7.74. The van der Waals surface area contributed by atoms with E-state index in [2.05, 4.69) is 0 Å². The van der Waals surface area contributed by atoms with Crippen LogP contribution in [0.15, 0.2) is 24.3 Å². The van der Waals surface area contributed by atoms with Gasteiger partial charge >= 0.3 is 0 Å².